The second-order valence-electron chi connectivity index (χ2n) is 7.55. The molecular formula is C20H31N3O. The van der Waals surface area contributed by atoms with Crippen LogP contribution < -0.4 is 5.32 Å². The molecule has 132 valence electrons. The normalized spacial score (nSPS) is 24.2. The number of carbonyl (C=O) groups excluding carboxylic acids is 1. The molecule has 0 aromatic heterocycles. The van der Waals surface area contributed by atoms with Crippen molar-refractivity contribution in [3.05, 3.63) is 35.9 Å². The second-order valence-corrected chi connectivity index (χ2v) is 7.55. The fourth-order valence-electron chi connectivity index (χ4n) is 4.55. The standard InChI is InChI=1S/C20H31N3O/c1-3-22-15-18(17-7-5-4-6-8-17)13-20(16-22)9-11-23(12-10-20)19(24)14-21-2/h4-8,18,21H,3,9-16H2,1-2H3/t18-/m1/s1. The topological polar surface area (TPSA) is 35.6 Å². The number of nitrogens with one attached hydrogen (secondary N) is 1. The van der Waals surface area contributed by atoms with Crippen molar-refractivity contribution < 1.29 is 4.79 Å². The van der Waals surface area contributed by atoms with Gasteiger partial charge in [0.05, 0.1) is 6.54 Å². The van der Waals surface area contributed by atoms with Crippen LogP contribution in [0.25, 0.3) is 0 Å². The Hall–Kier alpha value is -1.39. The molecule has 3 rings (SSSR count). The molecule has 1 atom stereocenters. The van der Waals surface area contributed by atoms with Crippen LogP contribution in [0.4, 0.5) is 0 Å². The summed E-state index contributed by atoms with van der Waals surface area (Å²) >= 11 is 0. The molecule has 1 amide bonds. The smallest absolute Gasteiger partial charge is 0.236 e. The lowest BCUT2D eigenvalue weighted by molar-refractivity contribution is -0.133. The van der Waals surface area contributed by atoms with Crippen molar-refractivity contribution in [2.24, 2.45) is 5.41 Å². The Morgan fingerprint density at radius 2 is 1.96 bits per heavy atom. The molecule has 2 aliphatic heterocycles. The summed E-state index contributed by atoms with van der Waals surface area (Å²) in [7, 11) is 1.84. The Morgan fingerprint density at radius 3 is 2.58 bits per heavy atom. The van der Waals surface area contributed by atoms with E-state index in [9.17, 15) is 4.79 Å². The maximum absolute atomic E-state index is 12.1. The van der Waals surface area contributed by atoms with Crippen LogP contribution in [0.5, 0.6) is 0 Å². The van der Waals surface area contributed by atoms with Gasteiger partial charge in [0, 0.05) is 26.2 Å². The van der Waals surface area contributed by atoms with Crippen LogP contribution in [0.3, 0.4) is 0 Å². The van der Waals surface area contributed by atoms with Crippen molar-refractivity contribution >= 4 is 5.91 Å². The molecule has 1 spiro atoms. The molecule has 0 saturated carbocycles. The Morgan fingerprint density at radius 1 is 1.25 bits per heavy atom. The average molecular weight is 329 g/mol. The highest BCUT2D eigenvalue weighted by molar-refractivity contribution is 5.78. The molecule has 1 aromatic carbocycles. The first-order chi connectivity index (χ1) is 11.7. The molecule has 4 nitrogen and oxygen atoms in total. The molecule has 2 saturated heterocycles. The predicted molar refractivity (Wildman–Crippen MR) is 98.1 cm³/mol. The van der Waals surface area contributed by atoms with Crippen molar-refractivity contribution in [2.45, 2.75) is 32.1 Å². The highest BCUT2D eigenvalue weighted by Gasteiger charge is 2.42. The third-order valence-corrected chi connectivity index (χ3v) is 5.94. The third-order valence-electron chi connectivity index (χ3n) is 5.94. The van der Waals surface area contributed by atoms with Gasteiger partial charge in [-0.3, -0.25) is 4.79 Å². The second kappa shape index (κ2) is 7.66. The highest BCUT2D eigenvalue weighted by atomic mass is 16.2. The molecule has 2 fully saturated rings. The molecular weight excluding hydrogens is 298 g/mol. The maximum Gasteiger partial charge on any atom is 0.236 e. The fraction of sp³-hybridized carbons (Fsp3) is 0.650. The Labute approximate surface area is 146 Å². The van der Waals surface area contributed by atoms with Crippen LogP contribution in [0, 0.1) is 5.41 Å². The summed E-state index contributed by atoms with van der Waals surface area (Å²) in [6.07, 6.45) is 3.55. The molecule has 0 bridgehead atoms. The Kier molecular flexibility index (Phi) is 5.57. The zero-order chi connectivity index (χ0) is 17.0. The number of likely N-dealkylation sites (N-methyl/N-ethyl adjacent to an activating group) is 2. The molecule has 0 aliphatic carbocycles. The number of likely N-dealkylation sites (tertiary alicyclic amines) is 2. The van der Waals surface area contributed by atoms with Gasteiger partial charge in [0.1, 0.15) is 0 Å². The number of hydrogen-bond acceptors (Lipinski definition) is 3. The van der Waals surface area contributed by atoms with Crippen molar-refractivity contribution in [2.75, 3.05) is 46.3 Å². The first kappa shape index (κ1) is 17.4. The number of benzene rings is 1. The van der Waals surface area contributed by atoms with E-state index < -0.39 is 0 Å². The molecule has 0 unspecified atom stereocenters. The van der Waals surface area contributed by atoms with Gasteiger partial charge in [0.25, 0.3) is 0 Å². The van der Waals surface area contributed by atoms with E-state index >= 15 is 0 Å². The van der Waals surface area contributed by atoms with Crippen LogP contribution in [-0.4, -0.2) is 62.0 Å². The van der Waals surface area contributed by atoms with E-state index in [1.165, 1.54) is 25.1 Å². The van der Waals surface area contributed by atoms with Gasteiger partial charge in [0.15, 0.2) is 0 Å². The summed E-state index contributed by atoms with van der Waals surface area (Å²) in [4.78, 5) is 16.8. The van der Waals surface area contributed by atoms with Crippen molar-refractivity contribution in [3.63, 3.8) is 0 Å². The van der Waals surface area contributed by atoms with Gasteiger partial charge in [0.2, 0.25) is 5.91 Å². The number of carbonyl (C=O) groups is 1. The summed E-state index contributed by atoms with van der Waals surface area (Å²) in [6, 6.07) is 11.0. The first-order valence-electron chi connectivity index (χ1n) is 9.35. The van der Waals surface area contributed by atoms with Gasteiger partial charge in [-0.2, -0.15) is 0 Å². The minimum Gasteiger partial charge on any atom is -0.342 e. The van der Waals surface area contributed by atoms with E-state index in [2.05, 4.69) is 47.5 Å². The lowest BCUT2D eigenvalue weighted by Gasteiger charge is -2.50. The third kappa shape index (κ3) is 3.81. The quantitative estimate of drug-likeness (QED) is 0.921. The molecule has 0 radical (unpaired) electrons. The molecule has 2 heterocycles. The van der Waals surface area contributed by atoms with E-state index in [4.69, 9.17) is 0 Å². The number of amides is 1. The molecule has 4 heteroatoms. The Balaban J connectivity index is 1.69. The van der Waals surface area contributed by atoms with Crippen LogP contribution in [0.15, 0.2) is 30.3 Å². The molecule has 2 aliphatic rings. The fourth-order valence-corrected chi connectivity index (χ4v) is 4.55. The molecule has 1 aromatic rings. The van der Waals surface area contributed by atoms with E-state index in [0.29, 0.717) is 17.9 Å². The van der Waals surface area contributed by atoms with Crippen LogP contribution in [0.2, 0.25) is 0 Å². The minimum absolute atomic E-state index is 0.245. The number of nitrogens with zero attached hydrogens (tertiary/aromatic N) is 2. The predicted octanol–water partition coefficient (Wildman–Crippen LogP) is 2.32. The largest absolute Gasteiger partial charge is 0.342 e. The van der Waals surface area contributed by atoms with Crippen LogP contribution >= 0.6 is 0 Å². The SMILES string of the molecule is CCN1C[C@H](c2ccccc2)CC2(CCN(C(=O)CNC)CC2)C1. The van der Waals surface area contributed by atoms with Gasteiger partial charge in [-0.15, -0.1) is 0 Å². The summed E-state index contributed by atoms with van der Waals surface area (Å²) in [5.74, 6) is 0.870. The summed E-state index contributed by atoms with van der Waals surface area (Å²) in [5, 5.41) is 2.98. The van der Waals surface area contributed by atoms with Gasteiger partial charge >= 0.3 is 0 Å². The maximum atomic E-state index is 12.1. The van der Waals surface area contributed by atoms with Crippen molar-refractivity contribution in [3.8, 4) is 0 Å². The summed E-state index contributed by atoms with van der Waals surface area (Å²) in [6.45, 7) is 8.05. The van der Waals surface area contributed by atoms with E-state index in [1.54, 1.807) is 0 Å². The molecule has 1 N–H and O–H groups in total. The number of piperidine rings is 2. The lowest BCUT2D eigenvalue weighted by atomic mass is 9.68. The lowest BCUT2D eigenvalue weighted by Crippen LogP contribution is -2.53. The van der Waals surface area contributed by atoms with E-state index in [-0.39, 0.29) is 5.91 Å². The summed E-state index contributed by atoms with van der Waals surface area (Å²) in [5.41, 5.74) is 1.86. The zero-order valence-corrected chi connectivity index (χ0v) is 15.1. The average Bonchev–Trinajstić information content (AvgIpc) is 2.63. The minimum atomic E-state index is 0.245. The van der Waals surface area contributed by atoms with Gasteiger partial charge in [-0.1, -0.05) is 37.3 Å². The zero-order valence-electron chi connectivity index (χ0n) is 15.1. The van der Waals surface area contributed by atoms with E-state index in [1.807, 2.05) is 11.9 Å². The van der Waals surface area contributed by atoms with Crippen molar-refractivity contribution in [1.82, 2.24) is 15.1 Å². The first-order valence-corrected chi connectivity index (χ1v) is 9.35. The molecule has 24 heavy (non-hydrogen) atoms. The highest BCUT2D eigenvalue weighted by Crippen LogP contribution is 2.44. The van der Waals surface area contributed by atoms with Crippen LogP contribution in [-0.2, 0) is 4.79 Å². The number of hydrogen-bond donors (Lipinski definition) is 1. The number of rotatable bonds is 4. The van der Waals surface area contributed by atoms with Crippen LogP contribution in [0.1, 0.15) is 37.7 Å². The van der Waals surface area contributed by atoms with Crippen molar-refractivity contribution in [1.29, 1.82) is 0 Å². The van der Waals surface area contributed by atoms with Gasteiger partial charge in [-0.05, 0) is 49.8 Å². The summed E-state index contributed by atoms with van der Waals surface area (Å²) < 4.78 is 0. The van der Waals surface area contributed by atoms with E-state index in [0.717, 1.165) is 32.5 Å². The Bertz CT molecular complexity index is 537. The van der Waals surface area contributed by atoms with Gasteiger partial charge in [-0.25, -0.2) is 0 Å². The monoisotopic (exact) mass is 329 g/mol. The van der Waals surface area contributed by atoms with Gasteiger partial charge < -0.3 is 15.1 Å².